The third-order valence-electron chi connectivity index (χ3n) is 4.27. The highest BCUT2D eigenvalue weighted by Gasteiger charge is 2.28. The average Bonchev–Trinajstić information content (AvgIpc) is 3.26. The lowest BCUT2D eigenvalue weighted by Gasteiger charge is -2.14. The summed E-state index contributed by atoms with van der Waals surface area (Å²) in [5.41, 5.74) is 1.98. The van der Waals surface area contributed by atoms with Crippen LogP contribution in [0.25, 0.3) is 11.5 Å². The van der Waals surface area contributed by atoms with Crippen molar-refractivity contribution in [3.63, 3.8) is 0 Å². The number of hydrogen-bond acceptors (Lipinski definition) is 5. The maximum Gasteiger partial charge on any atom is 0.247 e. The minimum absolute atomic E-state index is 0.280. The summed E-state index contributed by atoms with van der Waals surface area (Å²) in [5, 5.41) is 9.12. The van der Waals surface area contributed by atoms with Crippen molar-refractivity contribution in [1.29, 1.82) is 0 Å². The van der Waals surface area contributed by atoms with Crippen LogP contribution in [0, 0.1) is 0 Å². The van der Waals surface area contributed by atoms with E-state index in [1.807, 2.05) is 42.6 Å². The first-order valence-electron chi connectivity index (χ1n) is 7.99. The molecule has 1 aliphatic heterocycles. The SMILES string of the molecule is Clc1ccc(-c2nnc([C@H]3CCN(Cc4ccccn4)C3)o2)cc1. The van der Waals surface area contributed by atoms with E-state index in [4.69, 9.17) is 16.0 Å². The van der Waals surface area contributed by atoms with Crippen LogP contribution in [0.1, 0.15) is 23.9 Å². The first kappa shape index (κ1) is 15.3. The summed E-state index contributed by atoms with van der Waals surface area (Å²) in [6.45, 7) is 2.79. The molecule has 24 heavy (non-hydrogen) atoms. The Balaban J connectivity index is 1.43. The van der Waals surface area contributed by atoms with Crippen molar-refractivity contribution in [2.45, 2.75) is 18.9 Å². The molecule has 0 N–H and O–H groups in total. The standard InChI is InChI=1S/C18H17ClN4O/c19-15-6-4-13(5-7-15)17-21-22-18(24-17)14-8-10-23(11-14)12-16-3-1-2-9-20-16/h1-7,9,14H,8,10-12H2/t14-/m0/s1. The molecule has 1 fully saturated rings. The minimum Gasteiger partial charge on any atom is -0.420 e. The number of benzene rings is 1. The van der Waals surface area contributed by atoms with E-state index in [0.29, 0.717) is 16.8 Å². The highest BCUT2D eigenvalue weighted by molar-refractivity contribution is 6.30. The van der Waals surface area contributed by atoms with Crippen molar-refractivity contribution in [3.8, 4) is 11.5 Å². The lowest BCUT2D eigenvalue weighted by molar-refractivity contribution is 0.316. The molecule has 5 nitrogen and oxygen atoms in total. The molecule has 0 radical (unpaired) electrons. The fourth-order valence-electron chi connectivity index (χ4n) is 3.01. The van der Waals surface area contributed by atoms with Crippen LogP contribution in [0.4, 0.5) is 0 Å². The first-order valence-corrected chi connectivity index (χ1v) is 8.37. The lowest BCUT2D eigenvalue weighted by Crippen LogP contribution is -2.20. The third-order valence-corrected chi connectivity index (χ3v) is 4.52. The number of aromatic nitrogens is 3. The van der Waals surface area contributed by atoms with Crippen LogP contribution in [0.3, 0.4) is 0 Å². The fraction of sp³-hybridized carbons (Fsp3) is 0.278. The summed E-state index contributed by atoms with van der Waals surface area (Å²) in [5.74, 6) is 1.54. The van der Waals surface area contributed by atoms with E-state index in [2.05, 4.69) is 26.1 Å². The monoisotopic (exact) mass is 340 g/mol. The van der Waals surface area contributed by atoms with E-state index in [1.54, 1.807) is 0 Å². The van der Waals surface area contributed by atoms with Gasteiger partial charge in [-0.2, -0.15) is 0 Å². The van der Waals surface area contributed by atoms with Crippen LogP contribution < -0.4 is 0 Å². The largest absolute Gasteiger partial charge is 0.420 e. The zero-order valence-electron chi connectivity index (χ0n) is 13.1. The lowest BCUT2D eigenvalue weighted by atomic mass is 10.1. The van der Waals surface area contributed by atoms with Crippen LogP contribution in [0.15, 0.2) is 53.1 Å². The predicted molar refractivity (Wildman–Crippen MR) is 91.6 cm³/mol. The van der Waals surface area contributed by atoms with Crippen LogP contribution in [0.2, 0.25) is 5.02 Å². The van der Waals surface area contributed by atoms with Crippen molar-refractivity contribution in [2.24, 2.45) is 0 Å². The Kier molecular flexibility index (Phi) is 4.28. The van der Waals surface area contributed by atoms with E-state index in [-0.39, 0.29) is 5.92 Å². The summed E-state index contributed by atoms with van der Waals surface area (Å²) in [7, 11) is 0. The van der Waals surface area contributed by atoms with Gasteiger partial charge in [-0.05, 0) is 49.4 Å². The number of halogens is 1. The number of nitrogens with zero attached hydrogens (tertiary/aromatic N) is 4. The zero-order valence-corrected chi connectivity index (χ0v) is 13.9. The number of hydrogen-bond donors (Lipinski definition) is 0. The quantitative estimate of drug-likeness (QED) is 0.723. The van der Waals surface area contributed by atoms with Gasteiger partial charge >= 0.3 is 0 Å². The second-order valence-corrected chi connectivity index (χ2v) is 6.43. The Bertz CT molecular complexity index is 803. The van der Waals surface area contributed by atoms with Gasteiger partial charge in [-0.25, -0.2) is 0 Å². The van der Waals surface area contributed by atoms with Gasteiger partial charge in [0, 0.05) is 29.9 Å². The molecule has 1 aliphatic rings. The average molecular weight is 341 g/mol. The summed E-state index contributed by atoms with van der Waals surface area (Å²) < 4.78 is 5.88. The second kappa shape index (κ2) is 6.71. The van der Waals surface area contributed by atoms with Gasteiger partial charge < -0.3 is 4.42 Å². The Morgan fingerprint density at radius 2 is 2.00 bits per heavy atom. The molecule has 0 bridgehead atoms. The minimum atomic E-state index is 0.280. The van der Waals surface area contributed by atoms with Gasteiger partial charge in [0.05, 0.1) is 11.6 Å². The molecular formula is C18H17ClN4O. The molecule has 1 atom stereocenters. The van der Waals surface area contributed by atoms with Gasteiger partial charge in [0.25, 0.3) is 0 Å². The van der Waals surface area contributed by atoms with E-state index in [0.717, 1.165) is 37.3 Å². The molecular weight excluding hydrogens is 324 g/mol. The van der Waals surface area contributed by atoms with Gasteiger partial charge in [-0.15, -0.1) is 10.2 Å². The number of rotatable bonds is 4. The predicted octanol–water partition coefficient (Wildman–Crippen LogP) is 3.77. The molecule has 0 aliphatic carbocycles. The highest BCUT2D eigenvalue weighted by Crippen LogP contribution is 2.29. The highest BCUT2D eigenvalue weighted by atomic mass is 35.5. The second-order valence-electron chi connectivity index (χ2n) is 5.99. The van der Waals surface area contributed by atoms with Gasteiger partial charge in [-0.1, -0.05) is 17.7 Å². The Morgan fingerprint density at radius 3 is 2.79 bits per heavy atom. The van der Waals surface area contributed by atoms with E-state index in [1.165, 1.54) is 0 Å². The van der Waals surface area contributed by atoms with Crippen LogP contribution in [-0.4, -0.2) is 33.2 Å². The van der Waals surface area contributed by atoms with Crippen molar-refractivity contribution in [2.75, 3.05) is 13.1 Å². The van der Waals surface area contributed by atoms with Gasteiger partial charge in [0.1, 0.15) is 0 Å². The van der Waals surface area contributed by atoms with Gasteiger partial charge in [0.2, 0.25) is 11.8 Å². The van der Waals surface area contributed by atoms with Gasteiger partial charge in [0.15, 0.2) is 0 Å². The Hall–Kier alpha value is -2.24. The maximum atomic E-state index is 5.91. The van der Waals surface area contributed by atoms with Crippen molar-refractivity contribution in [1.82, 2.24) is 20.1 Å². The summed E-state index contributed by atoms with van der Waals surface area (Å²) in [6, 6.07) is 13.4. The molecule has 0 spiro atoms. The fourth-order valence-corrected chi connectivity index (χ4v) is 3.13. The Labute approximate surface area is 145 Å². The molecule has 1 saturated heterocycles. The molecule has 0 unspecified atom stereocenters. The van der Waals surface area contributed by atoms with Crippen LogP contribution in [0.5, 0.6) is 0 Å². The molecule has 0 saturated carbocycles. The third kappa shape index (κ3) is 3.32. The summed E-state index contributed by atoms with van der Waals surface area (Å²) in [6.07, 6.45) is 2.86. The molecule has 2 aromatic heterocycles. The van der Waals surface area contributed by atoms with Crippen molar-refractivity contribution < 1.29 is 4.42 Å². The molecule has 0 amide bonds. The topological polar surface area (TPSA) is 55.1 Å². The van der Waals surface area contributed by atoms with Gasteiger partial charge in [-0.3, -0.25) is 9.88 Å². The Morgan fingerprint density at radius 1 is 1.12 bits per heavy atom. The zero-order chi connectivity index (χ0) is 16.4. The van der Waals surface area contributed by atoms with Crippen molar-refractivity contribution >= 4 is 11.6 Å². The number of pyridine rings is 1. The number of likely N-dealkylation sites (tertiary alicyclic amines) is 1. The molecule has 4 rings (SSSR count). The molecule has 3 aromatic rings. The normalized spacial score (nSPS) is 18.1. The molecule has 3 heterocycles. The van der Waals surface area contributed by atoms with E-state index in [9.17, 15) is 0 Å². The maximum absolute atomic E-state index is 5.91. The summed E-state index contributed by atoms with van der Waals surface area (Å²) >= 11 is 5.91. The molecule has 1 aromatic carbocycles. The molecule has 122 valence electrons. The van der Waals surface area contributed by atoms with E-state index < -0.39 is 0 Å². The summed E-state index contributed by atoms with van der Waals surface area (Å²) in [4.78, 5) is 6.76. The van der Waals surface area contributed by atoms with Crippen LogP contribution in [-0.2, 0) is 6.54 Å². The molecule has 6 heteroatoms. The van der Waals surface area contributed by atoms with Crippen LogP contribution >= 0.6 is 11.6 Å². The smallest absolute Gasteiger partial charge is 0.247 e. The van der Waals surface area contributed by atoms with E-state index >= 15 is 0 Å². The first-order chi connectivity index (χ1) is 11.8. The van der Waals surface area contributed by atoms with Crippen molar-refractivity contribution in [3.05, 3.63) is 65.3 Å².